The Morgan fingerprint density at radius 1 is 1.06 bits per heavy atom. The number of carbonyl (C=O) groups is 1. The van der Waals surface area contributed by atoms with Gasteiger partial charge in [0.2, 0.25) is 0 Å². The van der Waals surface area contributed by atoms with Gasteiger partial charge in [-0.15, -0.1) is 0 Å². The molecule has 1 fully saturated rings. The fraction of sp³-hybridized carbons (Fsp3) is 0.480. The van der Waals surface area contributed by atoms with Crippen molar-refractivity contribution in [1.82, 2.24) is 15.1 Å². The molecule has 2 aliphatic heterocycles. The molecule has 1 atom stereocenters. The van der Waals surface area contributed by atoms with Crippen LogP contribution in [-0.2, 0) is 6.42 Å². The van der Waals surface area contributed by atoms with Crippen molar-refractivity contribution in [3.05, 3.63) is 53.6 Å². The summed E-state index contributed by atoms with van der Waals surface area (Å²) >= 11 is 0. The third-order valence-electron chi connectivity index (χ3n) is 6.63. The number of ether oxygens (including phenoxy) is 1. The molecule has 32 heavy (non-hydrogen) atoms. The molecule has 2 aromatic carbocycles. The Morgan fingerprint density at radius 3 is 2.62 bits per heavy atom. The molecule has 2 aliphatic rings. The average molecular weight is 438 g/mol. The molecule has 2 N–H and O–H groups in total. The third kappa shape index (κ3) is 5.16. The molecular formula is C25H35N5O2. The zero-order chi connectivity index (χ0) is 22.5. The lowest BCUT2D eigenvalue weighted by Crippen LogP contribution is -2.48. The van der Waals surface area contributed by atoms with Crippen molar-refractivity contribution >= 4 is 17.4 Å². The second-order valence-electron chi connectivity index (χ2n) is 8.80. The number of hydrogen-bond acceptors (Lipinski definition) is 5. The number of likely N-dealkylation sites (N-methyl/N-ethyl adjacent to an activating group) is 1. The van der Waals surface area contributed by atoms with Crippen molar-refractivity contribution in [2.75, 3.05) is 70.7 Å². The first kappa shape index (κ1) is 22.4. The summed E-state index contributed by atoms with van der Waals surface area (Å²) in [5, 5.41) is 6.03. The number of urea groups is 1. The summed E-state index contributed by atoms with van der Waals surface area (Å²) in [5.41, 5.74) is 4.69. The zero-order valence-corrected chi connectivity index (χ0v) is 19.4. The highest BCUT2D eigenvalue weighted by Crippen LogP contribution is 2.31. The lowest BCUT2D eigenvalue weighted by atomic mass is 9.95. The van der Waals surface area contributed by atoms with Crippen LogP contribution < -0.4 is 20.3 Å². The summed E-state index contributed by atoms with van der Waals surface area (Å²) in [6.07, 6.45) is 2.30. The van der Waals surface area contributed by atoms with Gasteiger partial charge < -0.3 is 25.2 Å². The van der Waals surface area contributed by atoms with Gasteiger partial charge in [0.15, 0.2) is 0 Å². The molecule has 0 spiro atoms. The Kier molecular flexibility index (Phi) is 7.17. The first-order valence-electron chi connectivity index (χ1n) is 11.5. The van der Waals surface area contributed by atoms with Crippen molar-refractivity contribution in [3.63, 3.8) is 0 Å². The van der Waals surface area contributed by atoms with Crippen LogP contribution in [0.4, 0.5) is 16.2 Å². The maximum Gasteiger partial charge on any atom is 0.319 e. The number of para-hydroxylation sites is 2. The summed E-state index contributed by atoms with van der Waals surface area (Å²) in [7, 11) is 5.94. The molecule has 0 unspecified atom stereocenters. The number of methoxy groups -OCH3 is 1. The molecule has 0 bridgehead atoms. The Balaban J connectivity index is 1.49. The number of anilines is 2. The molecule has 2 amide bonds. The molecular weight excluding hydrogens is 402 g/mol. The van der Waals surface area contributed by atoms with Gasteiger partial charge in [-0.2, -0.15) is 0 Å². The van der Waals surface area contributed by atoms with Crippen LogP contribution >= 0.6 is 0 Å². The van der Waals surface area contributed by atoms with E-state index in [0.717, 1.165) is 39.1 Å². The number of nitrogens with one attached hydrogen (secondary N) is 2. The molecule has 0 aromatic heterocycles. The van der Waals surface area contributed by atoms with Crippen LogP contribution in [0.1, 0.15) is 23.6 Å². The highest BCUT2D eigenvalue weighted by molar-refractivity contribution is 5.90. The van der Waals surface area contributed by atoms with E-state index in [1.165, 1.54) is 23.2 Å². The van der Waals surface area contributed by atoms with Crippen LogP contribution in [-0.4, -0.2) is 76.3 Å². The number of piperazine rings is 1. The molecule has 4 rings (SSSR count). The molecule has 172 valence electrons. The molecule has 2 heterocycles. The number of rotatable bonds is 6. The van der Waals surface area contributed by atoms with E-state index >= 15 is 0 Å². The van der Waals surface area contributed by atoms with E-state index in [1.807, 2.05) is 24.3 Å². The smallest absolute Gasteiger partial charge is 0.319 e. The summed E-state index contributed by atoms with van der Waals surface area (Å²) in [5.74, 6) is 0.650. The standard InChI is InChI=1S/C25H35N5O2/c1-28-13-15-30(16-14-28)23(20-10-11-22-19(17-20)7-6-12-29(22)2)18-26-25(31)27-21-8-4-5-9-24(21)32-3/h4-5,8-11,17,23H,6-7,12-16,18H2,1-3H3,(H2,26,27,31)/t23-/m1/s1. The van der Waals surface area contributed by atoms with Gasteiger partial charge >= 0.3 is 6.03 Å². The van der Waals surface area contributed by atoms with Gasteiger partial charge in [-0.05, 0) is 49.2 Å². The Hall–Kier alpha value is -2.77. The van der Waals surface area contributed by atoms with Gasteiger partial charge in [-0.1, -0.05) is 24.3 Å². The average Bonchev–Trinajstić information content (AvgIpc) is 2.81. The summed E-state index contributed by atoms with van der Waals surface area (Å²) in [4.78, 5) is 19.9. The minimum atomic E-state index is -0.216. The van der Waals surface area contributed by atoms with E-state index in [0.29, 0.717) is 18.0 Å². The van der Waals surface area contributed by atoms with Crippen LogP contribution in [0.5, 0.6) is 5.75 Å². The molecule has 0 aliphatic carbocycles. The van der Waals surface area contributed by atoms with E-state index in [1.54, 1.807) is 7.11 Å². The minimum Gasteiger partial charge on any atom is -0.495 e. The summed E-state index contributed by atoms with van der Waals surface area (Å²) in [6, 6.07) is 14.2. The predicted octanol–water partition coefficient (Wildman–Crippen LogP) is 3.19. The number of aryl methyl sites for hydroxylation is 1. The monoisotopic (exact) mass is 437 g/mol. The number of benzene rings is 2. The zero-order valence-electron chi connectivity index (χ0n) is 19.4. The van der Waals surface area contributed by atoms with E-state index in [4.69, 9.17) is 4.74 Å². The Bertz CT molecular complexity index is 926. The third-order valence-corrected chi connectivity index (χ3v) is 6.63. The number of amides is 2. The fourth-order valence-corrected chi connectivity index (χ4v) is 4.71. The van der Waals surface area contributed by atoms with Crippen molar-refractivity contribution < 1.29 is 9.53 Å². The molecule has 1 saturated heterocycles. The maximum absolute atomic E-state index is 12.7. The minimum absolute atomic E-state index is 0.143. The quantitative estimate of drug-likeness (QED) is 0.727. The van der Waals surface area contributed by atoms with Crippen LogP contribution in [0.25, 0.3) is 0 Å². The number of nitrogens with zero attached hydrogens (tertiary/aromatic N) is 3. The summed E-state index contributed by atoms with van der Waals surface area (Å²) in [6.45, 7) is 5.73. The van der Waals surface area contributed by atoms with Gasteiger partial charge in [0.05, 0.1) is 18.8 Å². The lowest BCUT2D eigenvalue weighted by Gasteiger charge is -2.39. The number of hydrogen-bond donors (Lipinski definition) is 2. The maximum atomic E-state index is 12.7. The second kappa shape index (κ2) is 10.2. The van der Waals surface area contributed by atoms with Crippen LogP contribution in [0.3, 0.4) is 0 Å². The highest BCUT2D eigenvalue weighted by Gasteiger charge is 2.26. The first-order valence-corrected chi connectivity index (χ1v) is 11.5. The van der Waals surface area contributed by atoms with Crippen molar-refractivity contribution in [1.29, 1.82) is 0 Å². The largest absolute Gasteiger partial charge is 0.495 e. The van der Waals surface area contributed by atoms with Crippen molar-refractivity contribution in [2.24, 2.45) is 0 Å². The van der Waals surface area contributed by atoms with Crippen LogP contribution in [0.15, 0.2) is 42.5 Å². The predicted molar refractivity (Wildman–Crippen MR) is 130 cm³/mol. The Morgan fingerprint density at radius 2 is 1.84 bits per heavy atom. The normalized spacial score (nSPS) is 18.0. The molecule has 7 nitrogen and oxygen atoms in total. The van der Waals surface area contributed by atoms with E-state index in [2.05, 4.69) is 57.6 Å². The van der Waals surface area contributed by atoms with Gasteiger partial charge in [0.1, 0.15) is 5.75 Å². The number of fused-ring (bicyclic) bond motifs is 1. The fourth-order valence-electron chi connectivity index (χ4n) is 4.71. The molecule has 2 aromatic rings. The van der Waals surface area contributed by atoms with Gasteiger partial charge in [0.25, 0.3) is 0 Å². The highest BCUT2D eigenvalue weighted by atomic mass is 16.5. The first-order chi connectivity index (χ1) is 15.5. The van der Waals surface area contributed by atoms with Gasteiger partial charge in [0, 0.05) is 52.0 Å². The van der Waals surface area contributed by atoms with E-state index in [-0.39, 0.29) is 12.1 Å². The SMILES string of the molecule is COc1ccccc1NC(=O)NC[C@H](c1ccc2c(c1)CCCN2C)N1CCN(C)CC1. The van der Waals surface area contributed by atoms with Crippen LogP contribution in [0.2, 0.25) is 0 Å². The summed E-state index contributed by atoms with van der Waals surface area (Å²) < 4.78 is 5.35. The lowest BCUT2D eigenvalue weighted by molar-refractivity contribution is 0.111. The molecule has 0 saturated carbocycles. The number of carbonyl (C=O) groups excluding carboxylic acids is 1. The molecule has 0 radical (unpaired) electrons. The van der Waals surface area contributed by atoms with E-state index in [9.17, 15) is 4.79 Å². The molecule has 7 heteroatoms. The van der Waals surface area contributed by atoms with E-state index < -0.39 is 0 Å². The second-order valence-corrected chi connectivity index (χ2v) is 8.80. The van der Waals surface area contributed by atoms with Gasteiger partial charge in [-0.3, -0.25) is 4.90 Å². The van der Waals surface area contributed by atoms with Crippen molar-refractivity contribution in [2.45, 2.75) is 18.9 Å². The van der Waals surface area contributed by atoms with Crippen molar-refractivity contribution in [3.8, 4) is 5.75 Å². The Labute approximate surface area is 191 Å². The topological polar surface area (TPSA) is 60.1 Å². The van der Waals surface area contributed by atoms with Gasteiger partial charge in [-0.25, -0.2) is 4.79 Å². The van der Waals surface area contributed by atoms with Crippen LogP contribution in [0, 0.1) is 0 Å².